The Balaban J connectivity index is 1.59. The number of fused-ring (bicyclic) bond motifs is 1. The summed E-state index contributed by atoms with van der Waals surface area (Å²) >= 11 is 0. The molecule has 1 N–H and O–H groups in total. The molecular formula is C21H23N3O3. The molecule has 0 radical (unpaired) electrons. The van der Waals surface area contributed by atoms with E-state index in [1.165, 1.54) is 0 Å². The van der Waals surface area contributed by atoms with Crippen molar-refractivity contribution in [2.75, 3.05) is 18.5 Å². The van der Waals surface area contributed by atoms with Crippen molar-refractivity contribution in [2.45, 2.75) is 32.4 Å². The monoisotopic (exact) mass is 365 g/mol. The molecule has 0 amide bonds. The predicted molar refractivity (Wildman–Crippen MR) is 104 cm³/mol. The third-order valence-corrected chi connectivity index (χ3v) is 4.69. The van der Waals surface area contributed by atoms with Crippen molar-refractivity contribution in [1.29, 1.82) is 0 Å². The van der Waals surface area contributed by atoms with Crippen LogP contribution in [0.3, 0.4) is 0 Å². The molecule has 0 bridgehead atoms. The molecule has 1 saturated heterocycles. The van der Waals surface area contributed by atoms with Gasteiger partial charge < -0.3 is 14.8 Å². The van der Waals surface area contributed by atoms with Crippen LogP contribution in [-0.4, -0.2) is 29.0 Å². The Bertz CT molecular complexity index is 945. The number of hydrogen-bond donors (Lipinski definition) is 1. The Hall–Kier alpha value is -2.86. The Morgan fingerprint density at radius 3 is 2.96 bits per heavy atom. The van der Waals surface area contributed by atoms with Gasteiger partial charge in [0.15, 0.2) is 6.23 Å². The number of ether oxygens (including phenoxy) is 2. The van der Waals surface area contributed by atoms with Crippen molar-refractivity contribution in [3.63, 3.8) is 0 Å². The van der Waals surface area contributed by atoms with E-state index >= 15 is 0 Å². The lowest BCUT2D eigenvalue weighted by atomic mass is 10.1. The highest BCUT2D eigenvalue weighted by molar-refractivity contribution is 5.91. The number of benzene rings is 2. The van der Waals surface area contributed by atoms with Crippen LogP contribution in [0, 0.1) is 0 Å². The lowest BCUT2D eigenvalue weighted by Gasteiger charge is -2.23. The maximum Gasteiger partial charge on any atom is 0.338 e. The second-order valence-electron chi connectivity index (χ2n) is 6.61. The van der Waals surface area contributed by atoms with Gasteiger partial charge in [0.1, 0.15) is 0 Å². The average Bonchev–Trinajstić information content (AvgIpc) is 3.12. The van der Waals surface area contributed by atoms with E-state index < -0.39 is 0 Å². The van der Waals surface area contributed by atoms with Crippen LogP contribution >= 0.6 is 0 Å². The lowest BCUT2D eigenvalue weighted by Crippen LogP contribution is -2.18. The largest absolute Gasteiger partial charge is 0.462 e. The standard InChI is InChI=1S/C21H23N3O3/c1-2-26-21(25)15-6-5-7-17(12-15)23-18-10-9-16-14-22-24(19(16)13-18)20-8-3-4-11-27-20/h5-7,9-10,12-14,20,23H,2-4,8,11H2,1H3. The predicted octanol–water partition coefficient (Wildman–Crippen LogP) is 4.66. The molecule has 1 aliphatic rings. The second kappa shape index (κ2) is 7.80. The zero-order valence-electron chi connectivity index (χ0n) is 15.4. The zero-order valence-corrected chi connectivity index (χ0v) is 15.4. The summed E-state index contributed by atoms with van der Waals surface area (Å²) in [5.41, 5.74) is 3.33. The van der Waals surface area contributed by atoms with E-state index in [1.807, 2.05) is 35.1 Å². The third-order valence-electron chi connectivity index (χ3n) is 4.69. The molecular weight excluding hydrogens is 342 g/mol. The fourth-order valence-electron chi connectivity index (χ4n) is 3.37. The minimum atomic E-state index is -0.316. The van der Waals surface area contributed by atoms with Crippen LogP contribution in [-0.2, 0) is 9.47 Å². The average molecular weight is 365 g/mol. The third kappa shape index (κ3) is 3.80. The number of hydrogen-bond acceptors (Lipinski definition) is 5. The van der Waals surface area contributed by atoms with E-state index in [2.05, 4.69) is 16.5 Å². The fourth-order valence-corrected chi connectivity index (χ4v) is 3.37. The van der Waals surface area contributed by atoms with E-state index in [0.717, 1.165) is 48.1 Å². The molecule has 1 aliphatic heterocycles. The molecule has 1 aromatic heterocycles. The van der Waals surface area contributed by atoms with Gasteiger partial charge in [0.25, 0.3) is 0 Å². The number of anilines is 2. The van der Waals surface area contributed by atoms with E-state index in [1.54, 1.807) is 19.1 Å². The van der Waals surface area contributed by atoms with Gasteiger partial charge in [0.05, 0.1) is 23.9 Å². The number of nitrogens with one attached hydrogen (secondary N) is 1. The number of esters is 1. The van der Waals surface area contributed by atoms with Crippen molar-refractivity contribution in [2.24, 2.45) is 0 Å². The van der Waals surface area contributed by atoms with Gasteiger partial charge in [-0.3, -0.25) is 0 Å². The minimum absolute atomic E-state index is 0.00126. The summed E-state index contributed by atoms with van der Waals surface area (Å²) < 4.78 is 12.9. The van der Waals surface area contributed by atoms with Crippen molar-refractivity contribution >= 4 is 28.2 Å². The number of carbonyl (C=O) groups excluding carboxylic acids is 1. The topological polar surface area (TPSA) is 65.4 Å². The molecule has 1 fully saturated rings. The van der Waals surface area contributed by atoms with E-state index in [4.69, 9.17) is 9.47 Å². The molecule has 2 aromatic carbocycles. The lowest BCUT2D eigenvalue weighted by molar-refractivity contribution is -0.0366. The summed E-state index contributed by atoms with van der Waals surface area (Å²) in [6, 6.07) is 13.4. The summed E-state index contributed by atoms with van der Waals surface area (Å²) in [6.07, 6.45) is 5.12. The van der Waals surface area contributed by atoms with Crippen molar-refractivity contribution < 1.29 is 14.3 Å². The highest BCUT2D eigenvalue weighted by atomic mass is 16.5. The molecule has 0 spiro atoms. The first-order valence-corrected chi connectivity index (χ1v) is 9.37. The van der Waals surface area contributed by atoms with Crippen LogP contribution in [0.2, 0.25) is 0 Å². The quantitative estimate of drug-likeness (QED) is 0.667. The molecule has 1 atom stereocenters. The van der Waals surface area contributed by atoms with Gasteiger partial charge in [0, 0.05) is 23.4 Å². The molecule has 0 aliphatic carbocycles. The maximum atomic E-state index is 11.9. The van der Waals surface area contributed by atoms with Gasteiger partial charge in [-0.15, -0.1) is 0 Å². The summed E-state index contributed by atoms with van der Waals surface area (Å²) in [4.78, 5) is 11.9. The summed E-state index contributed by atoms with van der Waals surface area (Å²) in [5.74, 6) is -0.316. The molecule has 6 heteroatoms. The fraction of sp³-hybridized carbons (Fsp3) is 0.333. The Kier molecular flexibility index (Phi) is 5.07. The normalized spacial score (nSPS) is 17.0. The molecule has 1 unspecified atom stereocenters. The summed E-state index contributed by atoms with van der Waals surface area (Å²) in [7, 11) is 0. The number of rotatable bonds is 5. The molecule has 3 aromatic rings. The minimum Gasteiger partial charge on any atom is -0.462 e. The van der Waals surface area contributed by atoms with Crippen LogP contribution in [0.5, 0.6) is 0 Å². The van der Waals surface area contributed by atoms with Crippen molar-refractivity contribution in [1.82, 2.24) is 9.78 Å². The van der Waals surface area contributed by atoms with Gasteiger partial charge in [-0.2, -0.15) is 5.10 Å². The van der Waals surface area contributed by atoms with E-state index in [-0.39, 0.29) is 12.2 Å². The van der Waals surface area contributed by atoms with Crippen LogP contribution in [0.4, 0.5) is 11.4 Å². The van der Waals surface area contributed by atoms with Gasteiger partial charge in [-0.1, -0.05) is 6.07 Å². The van der Waals surface area contributed by atoms with Gasteiger partial charge in [-0.05, 0) is 62.6 Å². The van der Waals surface area contributed by atoms with Crippen LogP contribution in [0.15, 0.2) is 48.7 Å². The van der Waals surface area contributed by atoms with Crippen LogP contribution < -0.4 is 5.32 Å². The molecule has 2 heterocycles. The first-order chi connectivity index (χ1) is 13.2. The molecule has 27 heavy (non-hydrogen) atoms. The first kappa shape index (κ1) is 17.5. The van der Waals surface area contributed by atoms with Gasteiger partial charge in [0.2, 0.25) is 0 Å². The number of aromatic nitrogens is 2. The van der Waals surface area contributed by atoms with Gasteiger partial charge in [-0.25, -0.2) is 9.48 Å². The summed E-state index contributed by atoms with van der Waals surface area (Å²) in [5, 5.41) is 8.97. The van der Waals surface area contributed by atoms with Gasteiger partial charge >= 0.3 is 5.97 Å². The SMILES string of the molecule is CCOC(=O)c1cccc(Nc2ccc3cnn(C4CCCCO4)c3c2)c1. The van der Waals surface area contributed by atoms with Crippen molar-refractivity contribution in [3.05, 3.63) is 54.2 Å². The van der Waals surface area contributed by atoms with E-state index in [9.17, 15) is 4.79 Å². The smallest absolute Gasteiger partial charge is 0.338 e. The highest BCUT2D eigenvalue weighted by Gasteiger charge is 2.18. The zero-order chi connectivity index (χ0) is 18.6. The molecule has 4 rings (SSSR count). The molecule has 6 nitrogen and oxygen atoms in total. The van der Waals surface area contributed by atoms with Crippen molar-refractivity contribution in [3.8, 4) is 0 Å². The molecule has 0 saturated carbocycles. The number of carbonyl (C=O) groups is 1. The number of nitrogens with zero attached hydrogens (tertiary/aromatic N) is 2. The van der Waals surface area contributed by atoms with Crippen LogP contribution in [0.1, 0.15) is 42.8 Å². The van der Waals surface area contributed by atoms with Crippen LogP contribution in [0.25, 0.3) is 10.9 Å². The summed E-state index contributed by atoms with van der Waals surface area (Å²) in [6.45, 7) is 2.94. The van der Waals surface area contributed by atoms with E-state index in [0.29, 0.717) is 12.2 Å². The Morgan fingerprint density at radius 1 is 1.26 bits per heavy atom. The molecule has 140 valence electrons. The Morgan fingerprint density at radius 2 is 2.15 bits per heavy atom. The first-order valence-electron chi connectivity index (χ1n) is 9.37. The highest BCUT2D eigenvalue weighted by Crippen LogP contribution is 2.28. The maximum absolute atomic E-state index is 11.9. The Labute approximate surface area is 158 Å². The second-order valence-corrected chi connectivity index (χ2v) is 6.61.